The van der Waals surface area contributed by atoms with Crippen molar-refractivity contribution in [3.63, 3.8) is 0 Å². The standard InChI is InChI=1S/C15H22N4O2/c1-2-5-19-13(16)12(14(20)18-15(19)21)17-11-9-7-3-4-8(6-7)10(9)11/h7-11,17H,2-6,16H2,1H3,(H,18,20,21). The van der Waals surface area contributed by atoms with Crippen LogP contribution in [0.25, 0.3) is 0 Å². The smallest absolute Gasteiger partial charge is 0.330 e. The van der Waals surface area contributed by atoms with Gasteiger partial charge >= 0.3 is 5.69 Å². The molecule has 21 heavy (non-hydrogen) atoms. The van der Waals surface area contributed by atoms with Crippen LogP contribution in [0.1, 0.15) is 32.6 Å². The molecule has 0 saturated heterocycles. The van der Waals surface area contributed by atoms with Crippen molar-refractivity contribution in [1.82, 2.24) is 9.55 Å². The molecule has 6 heteroatoms. The Hall–Kier alpha value is -1.72. The van der Waals surface area contributed by atoms with Crippen molar-refractivity contribution in [2.24, 2.45) is 23.7 Å². The highest BCUT2D eigenvalue weighted by Gasteiger charge is 2.65. The van der Waals surface area contributed by atoms with E-state index in [0.717, 1.165) is 18.3 Å². The van der Waals surface area contributed by atoms with Crippen LogP contribution in [0.2, 0.25) is 0 Å². The lowest BCUT2D eigenvalue weighted by Crippen LogP contribution is -2.35. The van der Waals surface area contributed by atoms with Gasteiger partial charge in [0.25, 0.3) is 5.56 Å². The van der Waals surface area contributed by atoms with Gasteiger partial charge in [0.05, 0.1) is 0 Å². The molecule has 0 spiro atoms. The molecule has 1 heterocycles. The van der Waals surface area contributed by atoms with Gasteiger partial charge in [-0.15, -0.1) is 0 Å². The molecule has 0 aromatic carbocycles. The van der Waals surface area contributed by atoms with Crippen LogP contribution in [-0.2, 0) is 6.54 Å². The fraction of sp³-hybridized carbons (Fsp3) is 0.733. The van der Waals surface area contributed by atoms with E-state index < -0.39 is 5.69 Å². The fourth-order valence-corrected chi connectivity index (χ4v) is 4.86. The van der Waals surface area contributed by atoms with Crippen molar-refractivity contribution in [3.05, 3.63) is 20.8 Å². The number of aromatic amines is 1. The van der Waals surface area contributed by atoms with Crippen molar-refractivity contribution >= 4 is 11.5 Å². The van der Waals surface area contributed by atoms with Gasteiger partial charge in [0, 0.05) is 12.6 Å². The minimum Gasteiger partial charge on any atom is -0.383 e. The monoisotopic (exact) mass is 290 g/mol. The quantitative estimate of drug-likeness (QED) is 0.771. The van der Waals surface area contributed by atoms with Crippen LogP contribution in [-0.4, -0.2) is 15.6 Å². The van der Waals surface area contributed by atoms with Gasteiger partial charge in [-0.25, -0.2) is 4.79 Å². The lowest BCUT2D eigenvalue weighted by molar-refractivity contribution is 0.456. The van der Waals surface area contributed by atoms with Crippen LogP contribution in [0, 0.1) is 23.7 Å². The molecule has 3 saturated carbocycles. The zero-order valence-corrected chi connectivity index (χ0v) is 12.3. The Bertz CT molecular complexity index is 676. The first-order valence-corrected chi connectivity index (χ1v) is 8.01. The molecule has 4 unspecified atom stereocenters. The molecular formula is C15H22N4O2. The number of fused-ring (bicyclic) bond motifs is 5. The van der Waals surface area contributed by atoms with Gasteiger partial charge in [0.2, 0.25) is 0 Å². The molecular weight excluding hydrogens is 268 g/mol. The number of aromatic nitrogens is 2. The van der Waals surface area contributed by atoms with E-state index in [1.165, 1.54) is 23.8 Å². The molecule has 3 aliphatic rings. The average Bonchev–Trinajstić information content (AvgIpc) is 2.82. The lowest BCUT2D eigenvalue weighted by Gasteiger charge is -2.15. The summed E-state index contributed by atoms with van der Waals surface area (Å²) in [7, 11) is 0. The number of nitrogen functional groups attached to an aromatic ring is 1. The summed E-state index contributed by atoms with van der Waals surface area (Å²) in [5, 5.41) is 3.35. The molecule has 4 rings (SSSR count). The second-order valence-corrected chi connectivity index (χ2v) is 6.83. The minimum absolute atomic E-state index is 0.280. The zero-order valence-electron chi connectivity index (χ0n) is 12.3. The highest BCUT2D eigenvalue weighted by Crippen LogP contribution is 2.66. The Morgan fingerprint density at radius 1 is 1.29 bits per heavy atom. The SMILES string of the molecule is CCCn1c(N)c(NC2C3C4CCC(C4)C23)c(=O)[nH]c1=O. The highest BCUT2D eigenvalue weighted by atomic mass is 16.2. The summed E-state index contributed by atoms with van der Waals surface area (Å²) in [6.07, 6.45) is 4.85. The first-order chi connectivity index (χ1) is 10.1. The van der Waals surface area contributed by atoms with Crippen molar-refractivity contribution in [1.29, 1.82) is 0 Å². The number of nitrogens with two attached hydrogens (primary N) is 1. The Morgan fingerprint density at radius 2 is 1.95 bits per heavy atom. The van der Waals surface area contributed by atoms with Gasteiger partial charge in [-0.2, -0.15) is 0 Å². The molecule has 6 nitrogen and oxygen atoms in total. The van der Waals surface area contributed by atoms with Crippen molar-refractivity contribution in [2.45, 2.75) is 45.2 Å². The number of nitrogens with zero attached hydrogens (tertiary/aromatic N) is 1. The van der Waals surface area contributed by atoms with Gasteiger partial charge in [-0.05, 0) is 49.4 Å². The van der Waals surface area contributed by atoms with Crippen LogP contribution in [0.5, 0.6) is 0 Å². The number of H-pyrrole nitrogens is 1. The van der Waals surface area contributed by atoms with E-state index >= 15 is 0 Å². The van der Waals surface area contributed by atoms with Gasteiger partial charge in [0.15, 0.2) is 0 Å². The first kappa shape index (κ1) is 13.0. The average molecular weight is 290 g/mol. The first-order valence-electron chi connectivity index (χ1n) is 8.01. The molecule has 3 aliphatic carbocycles. The molecule has 1 aromatic heterocycles. The maximum Gasteiger partial charge on any atom is 0.330 e. The Balaban J connectivity index is 1.63. The third-order valence-electron chi connectivity index (χ3n) is 5.73. The second kappa shape index (κ2) is 4.39. The van der Waals surface area contributed by atoms with Crippen LogP contribution in [0.15, 0.2) is 9.59 Å². The summed E-state index contributed by atoms with van der Waals surface area (Å²) in [4.78, 5) is 26.3. The van der Waals surface area contributed by atoms with Gasteiger partial charge in [-0.3, -0.25) is 14.3 Å². The third kappa shape index (κ3) is 1.77. The van der Waals surface area contributed by atoms with Crippen LogP contribution in [0.3, 0.4) is 0 Å². The lowest BCUT2D eigenvalue weighted by atomic mass is 10.0. The van der Waals surface area contributed by atoms with E-state index in [1.54, 1.807) is 0 Å². The van der Waals surface area contributed by atoms with Gasteiger partial charge in [-0.1, -0.05) is 6.92 Å². The summed E-state index contributed by atoms with van der Waals surface area (Å²) in [5.41, 5.74) is 5.65. The predicted molar refractivity (Wildman–Crippen MR) is 81.2 cm³/mol. The third-order valence-corrected chi connectivity index (χ3v) is 5.73. The number of rotatable bonds is 4. The van der Waals surface area contributed by atoms with E-state index in [0.29, 0.717) is 30.1 Å². The summed E-state index contributed by atoms with van der Waals surface area (Å²) in [6.45, 7) is 2.51. The Labute approximate surface area is 122 Å². The molecule has 4 N–H and O–H groups in total. The minimum atomic E-state index is -0.416. The summed E-state index contributed by atoms with van der Waals surface area (Å²) in [5.74, 6) is 3.38. The van der Waals surface area contributed by atoms with E-state index in [2.05, 4.69) is 10.3 Å². The Kier molecular flexibility index (Phi) is 2.71. The molecule has 2 bridgehead atoms. The number of hydrogen-bond acceptors (Lipinski definition) is 4. The largest absolute Gasteiger partial charge is 0.383 e. The number of hydrogen-bond donors (Lipinski definition) is 3. The summed E-state index contributed by atoms with van der Waals surface area (Å²) >= 11 is 0. The van der Waals surface area contributed by atoms with Crippen molar-refractivity contribution in [3.8, 4) is 0 Å². The molecule has 4 atom stereocenters. The van der Waals surface area contributed by atoms with E-state index in [-0.39, 0.29) is 11.4 Å². The summed E-state index contributed by atoms with van der Waals surface area (Å²) < 4.78 is 1.45. The van der Waals surface area contributed by atoms with Gasteiger partial charge in [0.1, 0.15) is 11.5 Å². The van der Waals surface area contributed by atoms with Crippen molar-refractivity contribution in [2.75, 3.05) is 11.1 Å². The molecule has 0 aliphatic heterocycles. The molecule has 0 radical (unpaired) electrons. The molecule has 114 valence electrons. The maximum atomic E-state index is 12.1. The predicted octanol–water partition coefficient (Wildman–Crippen LogP) is 0.985. The topological polar surface area (TPSA) is 92.9 Å². The van der Waals surface area contributed by atoms with E-state index in [9.17, 15) is 9.59 Å². The van der Waals surface area contributed by atoms with Crippen LogP contribution < -0.4 is 22.3 Å². The zero-order chi connectivity index (χ0) is 14.7. The van der Waals surface area contributed by atoms with E-state index in [4.69, 9.17) is 5.73 Å². The van der Waals surface area contributed by atoms with Crippen LogP contribution >= 0.6 is 0 Å². The second-order valence-electron chi connectivity index (χ2n) is 6.83. The normalized spacial score (nSPS) is 35.8. The van der Waals surface area contributed by atoms with Crippen LogP contribution in [0.4, 0.5) is 11.5 Å². The molecule has 0 amide bonds. The highest BCUT2D eigenvalue weighted by molar-refractivity contribution is 5.62. The van der Waals surface area contributed by atoms with E-state index in [1.807, 2.05) is 6.92 Å². The van der Waals surface area contributed by atoms with Crippen molar-refractivity contribution < 1.29 is 0 Å². The Morgan fingerprint density at radius 3 is 2.57 bits per heavy atom. The molecule has 1 aromatic rings. The maximum absolute atomic E-state index is 12.1. The fourth-order valence-electron chi connectivity index (χ4n) is 4.86. The number of nitrogens with one attached hydrogen (secondary N) is 2. The number of anilines is 2. The summed E-state index contributed by atoms with van der Waals surface area (Å²) in [6, 6.07) is 0.382. The van der Waals surface area contributed by atoms with Gasteiger partial charge < -0.3 is 11.1 Å². The molecule has 3 fully saturated rings.